The fourth-order valence-electron chi connectivity index (χ4n) is 2.94. The van der Waals surface area contributed by atoms with Crippen LogP contribution >= 0.6 is 0 Å². The maximum absolute atomic E-state index is 11.7. The molecule has 1 unspecified atom stereocenters. The van der Waals surface area contributed by atoms with E-state index in [1.54, 1.807) is 0 Å². The minimum Gasteiger partial charge on any atom is -0.377 e. The first-order chi connectivity index (χ1) is 8.23. The Balaban J connectivity index is 1.86. The monoisotopic (exact) mass is 240 g/mol. The van der Waals surface area contributed by atoms with Gasteiger partial charge in [0.15, 0.2) is 0 Å². The van der Waals surface area contributed by atoms with E-state index in [0.29, 0.717) is 0 Å². The second-order valence-electron chi connectivity index (χ2n) is 5.38. The molecule has 3 N–H and O–H groups in total. The summed E-state index contributed by atoms with van der Waals surface area (Å²) in [7, 11) is 0. The van der Waals surface area contributed by atoms with Gasteiger partial charge in [0.25, 0.3) is 0 Å². The molecular formula is C13H24N2O2. The number of carbonyl (C=O) groups is 1. The summed E-state index contributed by atoms with van der Waals surface area (Å²) in [6, 6.07) is 0. The van der Waals surface area contributed by atoms with E-state index in [0.717, 1.165) is 51.7 Å². The number of hydrogen-bond donors (Lipinski definition) is 2. The van der Waals surface area contributed by atoms with Crippen LogP contribution in [0.5, 0.6) is 0 Å². The van der Waals surface area contributed by atoms with Gasteiger partial charge in [0.2, 0.25) is 5.91 Å². The quantitative estimate of drug-likeness (QED) is 0.779. The van der Waals surface area contributed by atoms with Gasteiger partial charge in [-0.1, -0.05) is 19.3 Å². The van der Waals surface area contributed by atoms with Crippen LogP contribution in [0.3, 0.4) is 0 Å². The molecule has 1 heterocycles. The van der Waals surface area contributed by atoms with E-state index in [1.807, 2.05) is 0 Å². The molecule has 0 spiro atoms. The zero-order valence-electron chi connectivity index (χ0n) is 10.5. The number of primary amides is 1. The Morgan fingerprint density at radius 3 is 2.59 bits per heavy atom. The standard InChI is InChI=1S/C13H24N2O2/c14-12(16)13(7-3-1-4-8-13)15-10-11-6-2-5-9-17-11/h11,15H,1-10H2,(H2,14,16). The molecule has 1 saturated heterocycles. The van der Waals surface area contributed by atoms with Crippen molar-refractivity contribution in [2.45, 2.75) is 63.0 Å². The van der Waals surface area contributed by atoms with Crippen LogP contribution in [0.4, 0.5) is 0 Å². The molecule has 1 aliphatic heterocycles. The Hall–Kier alpha value is -0.610. The van der Waals surface area contributed by atoms with Crippen LogP contribution in [0.2, 0.25) is 0 Å². The molecule has 1 atom stereocenters. The Bertz CT molecular complexity index is 256. The summed E-state index contributed by atoms with van der Waals surface area (Å²) < 4.78 is 5.68. The van der Waals surface area contributed by atoms with Crippen molar-refractivity contribution in [3.63, 3.8) is 0 Å². The van der Waals surface area contributed by atoms with Crippen molar-refractivity contribution >= 4 is 5.91 Å². The fraction of sp³-hybridized carbons (Fsp3) is 0.923. The van der Waals surface area contributed by atoms with Crippen molar-refractivity contribution in [2.75, 3.05) is 13.2 Å². The fourth-order valence-corrected chi connectivity index (χ4v) is 2.94. The summed E-state index contributed by atoms with van der Waals surface area (Å²) in [4.78, 5) is 11.7. The molecule has 4 heteroatoms. The summed E-state index contributed by atoms with van der Waals surface area (Å²) in [5, 5.41) is 3.40. The first-order valence-corrected chi connectivity index (χ1v) is 6.89. The minimum atomic E-state index is -0.459. The highest BCUT2D eigenvalue weighted by Crippen LogP contribution is 2.28. The third-order valence-electron chi connectivity index (χ3n) is 4.12. The summed E-state index contributed by atoms with van der Waals surface area (Å²) in [6.45, 7) is 1.62. The molecule has 0 radical (unpaired) electrons. The van der Waals surface area contributed by atoms with Gasteiger partial charge in [0, 0.05) is 13.2 Å². The highest BCUT2D eigenvalue weighted by atomic mass is 16.5. The van der Waals surface area contributed by atoms with Crippen molar-refractivity contribution in [3.05, 3.63) is 0 Å². The SMILES string of the molecule is NC(=O)C1(NCC2CCCCO2)CCCCC1. The van der Waals surface area contributed by atoms with E-state index < -0.39 is 5.54 Å². The molecule has 4 nitrogen and oxygen atoms in total. The van der Waals surface area contributed by atoms with Gasteiger partial charge in [0.1, 0.15) is 0 Å². The van der Waals surface area contributed by atoms with Crippen molar-refractivity contribution < 1.29 is 9.53 Å². The Labute approximate surface area is 103 Å². The van der Waals surface area contributed by atoms with Crippen LogP contribution in [0.15, 0.2) is 0 Å². The van der Waals surface area contributed by atoms with Crippen LogP contribution in [-0.2, 0) is 9.53 Å². The molecule has 0 aromatic heterocycles. The average molecular weight is 240 g/mol. The van der Waals surface area contributed by atoms with Crippen LogP contribution in [-0.4, -0.2) is 30.7 Å². The van der Waals surface area contributed by atoms with E-state index in [-0.39, 0.29) is 12.0 Å². The van der Waals surface area contributed by atoms with Crippen LogP contribution < -0.4 is 11.1 Å². The van der Waals surface area contributed by atoms with Crippen LogP contribution in [0.1, 0.15) is 51.4 Å². The van der Waals surface area contributed by atoms with Gasteiger partial charge >= 0.3 is 0 Å². The van der Waals surface area contributed by atoms with Gasteiger partial charge in [-0.05, 0) is 32.1 Å². The topological polar surface area (TPSA) is 64.4 Å². The smallest absolute Gasteiger partial charge is 0.237 e. The maximum Gasteiger partial charge on any atom is 0.237 e. The van der Waals surface area contributed by atoms with Crippen molar-refractivity contribution in [1.29, 1.82) is 0 Å². The molecule has 0 aromatic rings. The lowest BCUT2D eigenvalue weighted by Crippen LogP contribution is -2.58. The second-order valence-corrected chi connectivity index (χ2v) is 5.38. The zero-order valence-corrected chi connectivity index (χ0v) is 10.5. The lowest BCUT2D eigenvalue weighted by Gasteiger charge is -2.37. The normalized spacial score (nSPS) is 28.8. The molecule has 2 fully saturated rings. The lowest BCUT2D eigenvalue weighted by atomic mass is 9.81. The largest absolute Gasteiger partial charge is 0.377 e. The number of carbonyl (C=O) groups excluding carboxylic acids is 1. The van der Waals surface area contributed by atoms with Gasteiger partial charge in [-0.15, -0.1) is 0 Å². The molecule has 0 bridgehead atoms. The van der Waals surface area contributed by atoms with E-state index in [1.165, 1.54) is 12.8 Å². The van der Waals surface area contributed by atoms with Gasteiger partial charge in [-0.3, -0.25) is 4.79 Å². The summed E-state index contributed by atoms with van der Waals surface area (Å²) in [5.41, 5.74) is 5.12. The minimum absolute atomic E-state index is 0.187. The highest BCUT2D eigenvalue weighted by Gasteiger charge is 2.37. The molecule has 98 valence electrons. The third kappa shape index (κ3) is 3.19. The first-order valence-electron chi connectivity index (χ1n) is 6.89. The van der Waals surface area contributed by atoms with Gasteiger partial charge in [-0.2, -0.15) is 0 Å². The van der Waals surface area contributed by atoms with Gasteiger partial charge in [-0.25, -0.2) is 0 Å². The molecule has 17 heavy (non-hydrogen) atoms. The van der Waals surface area contributed by atoms with Crippen molar-refractivity contribution in [3.8, 4) is 0 Å². The third-order valence-corrected chi connectivity index (χ3v) is 4.12. The molecule has 2 aliphatic rings. The Kier molecular flexibility index (Phi) is 4.40. The molecule has 0 aromatic carbocycles. The van der Waals surface area contributed by atoms with E-state index in [9.17, 15) is 4.79 Å². The molecule has 2 rings (SSSR count). The van der Waals surface area contributed by atoms with E-state index in [4.69, 9.17) is 10.5 Å². The van der Waals surface area contributed by atoms with Crippen molar-refractivity contribution in [2.24, 2.45) is 5.73 Å². The van der Waals surface area contributed by atoms with Crippen LogP contribution in [0.25, 0.3) is 0 Å². The number of nitrogens with one attached hydrogen (secondary N) is 1. The van der Waals surface area contributed by atoms with Crippen LogP contribution in [0, 0.1) is 0 Å². The number of nitrogens with two attached hydrogens (primary N) is 1. The van der Waals surface area contributed by atoms with Crippen molar-refractivity contribution in [1.82, 2.24) is 5.32 Å². The van der Waals surface area contributed by atoms with Gasteiger partial charge < -0.3 is 15.8 Å². The van der Waals surface area contributed by atoms with E-state index in [2.05, 4.69) is 5.32 Å². The summed E-state index contributed by atoms with van der Waals surface area (Å²) in [5.74, 6) is -0.187. The zero-order chi connectivity index (χ0) is 12.1. The number of amides is 1. The maximum atomic E-state index is 11.7. The average Bonchev–Trinajstić information content (AvgIpc) is 2.38. The number of ether oxygens (including phenoxy) is 1. The van der Waals surface area contributed by atoms with Gasteiger partial charge in [0.05, 0.1) is 11.6 Å². The summed E-state index contributed by atoms with van der Waals surface area (Å²) in [6.07, 6.45) is 8.95. The molecule has 1 aliphatic carbocycles. The summed E-state index contributed by atoms with van der Waals surface area (Å²) >= 11 is 0. The predicted octanol–water partition coefficient (Wildman–Crippen LogP) is 1.33. The van der Waals surface area contributed by atoms with E-state index >= 15 is 0 Å². The Morgan fingerprint density at radius 2 is 2.00 bits per heavy atom. The highest BCUT2D eigenvalue weighted by molar-refractivity contribution is 5.84. The predicted molar refractivity (Wildman–Crippen MR) is 66.6 cm³/mol. The Morgan fingerprint density at radius 1 is 1.24 bits per heavy atom. The first kappa shape index (κ1) is 12.8. The molecule has 1 amide bonds. The molecule has 1 saturated carbocycles. The number of rotatable bonds is 4. The second kappa shape index (κ2) is 5.83. The lowest BCUT2D eigenvalue weighted by molar-refractivity contribution is -0.126. The number of hydrogen-bond acceptors (Lipinski definition) is 3. The molecular weight excluding hydrogens is 216 g/mol.